The first-order chi connectivity index (χ1) is 29.3. The van der Waals surface area contributed by atoms with Gasteiger partial charge in [0.05, 0.1) is 10.8 Å². The number of hydrogen-bond donors (Lipinski definition) is 4. The number of benzene rings is 4. The fourth-order valence-electron chi connectivity index (χ4n) is 9.10. The summed E-state index contributed by atoms with van der Waals surface area (Å²) in [6.45, 7) is 13.3. The van der Waals surface area contributed by atoms with Crippen molar-refractivity contribution in [1.82, 2.24) is 19.8 Å². The lowest BCUT2D eigenvalue weighted by atomic mass is 9.84. The highest BCUT2D eigenvalue weighted by Gasteiger charge is 2.30. The highest BCUT2D eigenvalue weighted by molar-refractivity contribution is 5.96. The van der Waals surface area contributed by atoms with E-state index in [0.717, 1.165) is 70.5 Å². The quantitative estimate of drug-likeness (QED) is 0.0805. The molecule has 2 aromatic heterocycles. The molecule has 0 radical (unpaired) electrons. The summed E-state index contributed by atoms with van der Waals surface area (Å²) < 4.78 is 0. The van der Waals surface area contributed by atoms with E-state index in [1.165, 1.54) is 51.3 Å². The third-order valence-corrected chi connectivity index (χ3v) is 13.6. The second-order valence-corrected chi connectivity index (χ2v) is 18.2. The van der Waals surface area contributed by atoms with E-state index in [1.54, 1.807) is 52.0 Å². The molecular weight excluding hydrogens is 761 g/mol. The van der Waals surface area contributed by atoms with Crippen molar-refractivity contribution in [2.24, 2.45) is 0 Å². The van der Waals surface area contributed by atoms with Crippen LogP contribution in [0, 0.1) is 0 Å². The number of hydrogen-bond acceptors (Lipinski definition) is 5. The van der Waals surface area contributed by atoms with Crippen molar-refractivity contribution in [1.29, 1.82) is 0 Å². The number of carboxylic acids is 2. The van der Waals surface area contributed by atoms with Crippen LogP contribution in [-0.4, -0.2) is 87.0 Å². The number of para-hydroxylation sites is 2. The summed E-state index contributed by atoms with van der Waals surface area (Å²) >= 11 is 0. The lowest BCUT2D eigenvalue weighted by molar-refractivity contribution is -0.143. The molecule has 4 heterocycles. The van der Waals surface area contributed by atoms with Gasteiger partial charge in [0.15, 0.2) is 5.78 Å². The second kappa shape index (κ2) is 19.0. The third-order valence-electron chi connectivity index (χ3n) is 13.6. The van der Waals surface area contributed by atoms with Crippen LogP contribution < -0.4 is 0 Å². The first-order valence-corrected chi connectivity index (χ1v) is 22.1. The summed E-state index contributed by atoms with van der Waals surface area (Å²) in [4.78, 5) is 47.2. The van der Waals surface area contributed by atoms with E-state index in [0.29, 0.717) is 29.4 Å². The van der Waals surface area contributed by atoms with Crippen molar-refractivity contribution >= 4 is 39.5 Å². The Hall–Kier alpha value is -5.51. The van der Waals surface area contributed by atoms with Gasteiger partial charge in [-0.3, -0.25) is 14.4 Å². The van der Waals surface area contributed by atoms with Gasteiger partial charge in [-0.25, -0.2) is 0 Å². The van der Waals surface area contributed by atoms with Gasteiger partial charge >= 0.3 is 11.9 Å². The van der Waals surface area contributed by atoms with E-state index < -0.39 is 22.8 Å². The number of fused-ring (bicyclic) bond motifs is 2. The third kappa shape index (κ3) is 10.2. The molecule has 0 aliphatic carbocycles. The van der Waals surface area contributed by atoms with Crippen LogP contribution in [0.1, 0.15) is 116 Å². The molecule has 0 spiro atoms. The van der Waals surface area contributed by atoms with E-state index >= 15 is 0 Å². The molecule has 4 aromatic carbocycles. The maximum atomic E-state index is 12.6. The molecule has 4 N–H and O–H groups in total. The van der Waals surface area contributed by atoms with Gasteiger partial charge in [0.25, 0.3) is 0 Å². The summed E-state index contributed by atoms with van der Waals surface area (Å²) in [7, 11) is 0. The van der Waals surface area contributed by atoms with Crippen molar-refractivity contribution in [2.45, 2.75) is 95.3 Å². The predicted molar refractivity (Wildman–Crippen MR) is 245 cm³/mol. The fraction of sp³-hybridized carbons (Fsp3) is 0.404. The molecule has 2 fully saturated rings. The summed E-state index contributed by atoms with van der Waals surface area (Å²) in [6.07, 6.45) is 11.4. The number of H-pyrrole nitrogens is 2. The lowest BCUT2D eigenvalue weighted by Crippen LogP contribution is -2.34. The van der Waals surface area contributed by atoms with Gasteiger partial charge in [-0.2, -0.15) is 0 Å². The number of piperidine rings is 2. The van der Waals surface area contributed by atoms with Gasteiger partial charge in [-0.15, -0.1) is 0 Å². The molecule has 61 heavy (non-hydrogen) atoms. The monoisotopic (exact) mass is 822 g/mol. The molecule has 6 aromatic rings. The number of carbonyl (C=O) groups excluding carboxylic acids is 1. The van der Waals surface area contributed by atoms with Crippen molar-refractivity contribution in [3.8, 4) is 0 Å². The smallest absolute Gasteiger partial charge is 0.313 e. The Morgan fingerprint density at radius 1 is 0.590 bits per heavy atom. The molecular formula is C52H62N4O5. The Balaban J connectivity index is 0.000000185. The average Bonchev–Trinajstić information content (AvgIpc) is 3.92. The van der Waals surface area contributed by atoms with Crippen LogP contribution in [0.25, 0.3) is 21.8 Å². The van der Waals surface area contributed by atoms with Gasteiger partial charge in [0.1, 0.15) is 0 Å². The number of carbonyl (C=O) groups is 3. The maximum absolute atomic E-state index is 12.6. The average molecular weight is 823 g/mol. The molecule has 8 rings (SSSR count). The number of nitrogens with one attached hydrogen (secondary N) is 2. The molecule has 9 nitrogen and oxygen atoms in total. The molecule has 0 bridgehead atoms. The van der Waals surface area contributed by atoms with Crippen LogP contribution in [-0.2, 0) is 26.8 Å². The number of ketones is 1. The van der Waals surface area contributed by atoms with Crippen molar-refractivity contribution in [3.63, 3.8) is 0 Å². The molecule has 9 heteroatoms. The van der Waals surface area contributed by atoms with Crippen LogP contribution in [0.4, 0.5) is 0 Å². The zero-order chi connectivity index (χ0) is 43.1. The molecule has 2 aliphatic rings. The Morgan fingerprint density at radius 3 is 1.48 bits per heavy atom. The molecule has 320 valence electrons. The standard InChI is InChI=1S/C27H32N2O3.C25H30N2O2/c1-27(2,26(31)32)21-11-9-20(10-12-21)25(30)8-5-15-29-16-13-19(14-17-29)23-18-28-24-7-4-3-6-22(23)24;1-25(2,24(28)29)20-9-7-18(8-10-20)11-14-27-15-12-19(13-16-27)22-17-26-23-6-4-3-5-21(22)23/h3-4,6-7,9-12,18-19,28H,5,8,13-17H2,1-2H3,(H,31,32);3-10,17,19,26H,11-16H2,1-2H3,(H,28,29). The molecule has 0 amide bonds. The van der Waals surface area contributed by atoms with Crippen LogP contribution >= 0.6 is 0 Å². The highest BCUT2D eigenvalue weighted by atomic mass is 16.4. The minimum atomic E-state index is -0.958. The van der Waals surface area contributed by atoms with Crippen LogP contribution in [0.5, 0.6) is 0 Å². The maximum Gasteiger partial charge on any atom is 0.313 e. The van der Waals surface area contributed by atoms with Gasteiger partial charge in [-0.1, -0.05) is 84.9 Å². The minimum absolute atomic E-state index is 0.123. The fourth-order valence-corrected chi connectivity index (χ4v) is 9.10. The van der Waals surface area contributed by atoms with E-state index in [1.807, 2.05) is 12.1 Å². The lowest BCUT2D eigenvalue weighted by Gasteiger charge is -2.32. The van der Waals surface area contributed by atoms with Crippen LogP contribution in [0.2, 0.25) is 0 Å². The topological polar surface area (TPSA) is 130 Å². The number of likely N-dealkylation sites (tertiary alicyclic amines) is 2. The van der Waals surface area contributed by atoms with E-state index in [2.05, 4.69) is 92.8 Å². The molecule has 0 atom stereocenters. The summed E-state index contributed by atoms with van der Waals surface area (Å²) in [6, 6.07) is 32.2. The Labute approximate surface area is 360 Å². The van der Waals surface area contributed by atoms with Gasteiger partial charge in [0.2, 0.25) is 0 Å². The number of aromatic nitrogens is 2. The summed E-state index contributed by atoms with van der Waals surface area (Å²) in [5, 5.41) is 21.4. The van der Waals surface area contributed by atoms with E-state index in [9.17, 15) is 24.6 Å². The Morgan fingerprint density at radius 2 is 1.02 bits per heavy atom. The Bertz CT molecular complexity index is 2410. The SMILES string of the molecule is CC(C)(C(=O)O)c1ccc(C(=O)CCCN2CCC(c3c[nH]c4ccccc34)CC2)cc1.CC(C)(C(=O)O)c1ccc(CCN2CCC(c3c[nH]c4ccccc34)CC2)cc1. The summed E-state index contributed by atoms with van der Waals surface area (Å²) in [5.74, 6) is -0.302. The first-order valence-electron chi connectivity index (χ1n) is 22.1. The molecule has 0 saturated carbocycles. The van der Waals surface area contributed by atoms with Gasteiger partial charge in [-0.05, 0) is 151 Å². The largest absolute Gasteiger partial charge is 0.481 e. The molecule has 2 saturated heterocycles. The van der Waals surface area contributed by atoms with Gasteiger partial charge < -0.3 is 30.0 Å². The minimum Gasteiger partial charge on any atom is -0.481 e. The second-order valence-electron chi connectivity index (χ2n) is 18.2. The number of nitrogens with zero attached hydrogens (tertiary/aromatic N) is 2. The van der Waals surface area contributed by atoms with E-state index in [4.69, 9.17) is 0 Å². The zero-order valence-electron chi connectivity index (χ0n) is 36.3. The normalized spacial score (nSPS) is 16.1. The number of rotatable bonds is 14. The number of aromatic amines is 2. The van der Waals surface area contributed by atoms with Crippen molar-refractivity contribution in [2.75, 3.05) is 39.3 Å². The van der Waals surface area contributed by atoms with Crippen LogP contribution in [0.3, 0.4) is 0 Å². The van der Waals surface area contributed by atoms with Crippen LogP contribution in [0.15, 0.2) is 109 Å². The van der Waals surface area contributed by atoms with Crippen molar-refractivity contribution < 1.29 is 24.6 Å². The zero-order valence-corrected chi connectivity index (χ0v) is 36.3. The van der Waals surface area contributed by atoms with Crippen molar-refractivity contribution in [3.05, 3.63) is 143 Å². The highest BCUT2D eigenvalue weighted by Crippen LogP contribution is 2.35. The Kier molecular flexibility index (Phi) is 13.6. The number of carboxylic acid groups (broad SMARTS) is 2. The molecule has 0 unspecified atom stereocenters. The predicted octanol–water partition coefficient (Wildman–Crippen LogP) is 10.3. The number of aliphatic carboxylic acids is 2. The number of Topliss-reactive ketones (excluding diaryl/α,β-unsaturated/α-hetero) is 1. The molecule has 2 aliphatic heterocycles. The summed E-state index contributed by atoms with van der Waals surface area (Å²) in [5.41, 5.74) is 7.04. The first kappa shape index (κ1) is 43.6. The van der Waals surface area contributed by atoms with Gasteiger partial charge in [0, 0.05) is 52.7 Å². The van der Waals surface area contributed by atoms with E-state index in [-0.39, 0.29) is 5.78 Å².